The molecule has 0 radical (unpaired) electrons. The fourth-order valence-electron chi connectivity index (χ4n) is 3.45. The van der Waals surface area contributed by atoms with Crippen molar-refractivity contribution < 1.29 is 23.7 Å². The van der Waals surface area contributed by atoms with Crippen molar-refractivity contribution in [3.8, 4) is 0 Å². The van der Waals surface area contributed by atoms with Gasteiger partial charge in [0, 0.05) is 18.4 Å². The second kappa shape index (κ2) is 10.1. The summed E-state index contributed by atoms with van der Waals surface area (Å²) in [4.78, 5) is 48.6. The number of Topliss-reactive ketones (excluding diaryl/α,β-unsaturated/α-hetero) is 1. The van der Waals surface area contributed by atoms with Gasteiger partial charge in [0.1, 0.15) is 23.9 Å². The van der Waals surface area contributed by atoms with Crippen LogP contribution in [0.25, 0.3) is 0 Å². The lowest BCUT2D eigenvalue weighted by Crippen LogP contribution is -2.51. The van der Waals surface area contributed by atoms with Crippen LogP contribution in [-0.2, 0) is 14.4 Å². The van der Waals surface area contributed by atoms with Gasteiger partial charge in [0.2, 0.25) is 5.91 Å². The second-order valence-electron chi connectivity index (χ2n) is 7.87. The predicted molar refractivity (Wildman–Crippen MR) is 102 cm³/mol. The molecule has 154 valence electrons. The Kier molecular flexibility index (Phi) is 7.90. The van der Waals surface area contributed by atoms with Crippen LogP contribution in [0.1, 0.15) is 68.6 Å². The fraction of sp³-hybridized carbons (Fsp3) is 0.650. The summed E-state index contributed by atoms with van der Waals surface area (Å²) in [5.41, 5.74) is 0.0961. The van der Waals surface area contributed by atoms with E-state index in [0.717, 1.165) is 19.3 Å². The van der Waals surface area contributed by atoms with Gasteiger partial charge in [0.15, 0.2) is 5.69 Å². The first kappa shape index (κ1) is 21.8. The minimum atomic E-state index is -0.811. The van der Waals surface area contributed by atoms with E-state index in [2.05, 4.69) is 15.8 Å². The molecule has 0 aromatic carbocycles. The number of aldehydes is 1. The van der Waals surface area contributed by atoms with Gasteiger partial charge in [0.25, 0.3) is 5.91 Å². The summed E-state index contributed by atoms with van der Waals surface area (Å²) in [7, 11) is 0. The predicted octanol–water partition coefficient (Wildman–Crippen LogP) is 1.96. The van der Waals surface area contributed by atoms with Gasteiger partial charge in [-0.3, -0.25) is 14.4 Å². The Hall–Kier alpha value is -2.51. The van der Waals surface area contributed by atoms with Crippen molar-refractivity contribution in [3.05, 3.63) is 17.5 Å². The van der Waals surface area contributed by atoms with Gasteiger partial charge in [-0.1, -0.05) is 25.4 Å². The van der Waals surface area contributed by atoms with Crippen LogP contribution in [0.15, 0.2) is 10.6 Å². The minimum absolute atomic E-state index is 0.0961. The monoisotopic (exact) mass is 391 g/mol. The highest BCUT2D eigenvalue weighted by atomic mass is 16.5. The largest absolute Gasteiger partial charge is 0.361 e. The van der Waals surface area contributed by atoms with E-state index in [1.807, 2.05) is 13.8 Å². The number of ketones is 1. The van der Waals surface area contributed by atoms with Crippen molar-refractivity contribution in [2.75, 3.05) is 0 Å². The third-order valence-corrected chi connectivity index (χ3v) is 4.90. The SMILES string of the molecule is Cc1cc(C(=O)N[C@@H](CC(C)C)C(=O)N[C@H](C=O)C[C@@H]2CCCCC2=O)no1. The van der Waals surface area contributed by atoms with E-state index in [1.165, 1.54) is 6.07 Å². The summed E-state index contributed by atoms with van der Waals surface area (Å²) in [5.74, 6) is -0.357. The zero-order valence-corrected chi connectivity index (χ0v) is 16.7. The van der Waals surface area contributed by atoms with E-state index in [-0.39, 0.29) is 23.3 Å². The maximum atomic E-state index is 12.7. The van der Waals surface area contributed by atoms with E-state index in [1.54, 1.807) is 6.92 Å². The number of carbonyl (C=O) groups excluding carboxylic acids is 4. The van der Waals surface area contributed by atoms with E-state index in [9.17, 15) is 19.2 Å². The summed E-state index contributed by atoms with van der Waals surface area (Å²) in [5, 5.41) is 9.01. The summed E-state index contributed by atoms with van der Waals surface area (Å²) in [6.45, 7) is 5.54. The summed E-state index contributed by atoms with van der Waals surface area (Å²) in [6.07, 6.45) is 4.50. The number of nitrogens with zero attached hydrogens (tertiary/aromatic N) is 1. The molecular formula is C20H29N3O5. The van der Waals surface area contributed by atoms with Gasteiger partial charge in [-0.05, 0) is 38.5 Å². The third kappa shape index (κ3) is 6.28. The number of aryl methyl sites for hydroxylation is 1. The first-order valence-corrected chi connectivity index (χ1v) is 9.82. The molecular weight excluding hydrogens is 362 g/mol. The highest BCUT2D eigenvalue weighted by Crippen LogP contribution is 2.24. The van der Waals surface area contributed by atoms with Crippen molar-refractivity contribution in [1.29, 1.82) is 0 Å². The highest BCUT2D eigenvalue weighted by molar-refractivity contribution is 5.96. The van der Waals surface area contributed by atoms with Crippen LogP contribution in [0.5, 0.6) is 0 Å². The Balaban J connectivity index is 2.00. The number of nitrogens with one attached hydrogen (secondary N) is 2. The number of amides is 2. The van der Waals surface area contributed by atoms with Crippen molar-refractivity contribution in [2.24, 2.45) is 11.8 Å². The van der Waals surface area contributed by atoms with E-state index in [0.29, 0.717) is 31.3 Å². The molecule has 2 amide bonds. The number of hydrogen-bond acceptors (Lipinski definition) is 6. The zero-order chi connectivity index (χ0) is 20.7. The summed E-state index contributed by atoms with van der Waals surface area (Å²) in [6, 6.07) is -0.0720. The molecule has 28 heavy (non-hydrogen) atoms. The van der Waals surface area contributed by atoms with Crippen molar-refractivity contribution in [3.63, 3.8) is 0 Å². The van der Waals surface area contributed by atoms with Crippen molar-refractivity contribution >= 4 is 23.9 Å². The molecule has 1 aliphatic rings. The lowest BCUT2D eigenvalue weighted by atomic mass is 9.84. The van der Waals surface area contributed by atoms with Crippen molar-refractivity contribution in [1.82, 2.24) is 15.8 Å². The van der Waals surface area contributed by atoms with Crippen LogP contribution in [0.4, 0.5) is 0 Å². The number of rotatable bonds is 9. The topological polar surface area (TPSA) is 118 Å². The van der Waals surface area contributed by atoms with E-state index in [4.69, 9.17) is 4.52 Å². The third-order valence-electron chi connectivity index (χ3n) is 4.90. The van der Waals surface area contributed by atoms with Crippen LogP contribution in [-0.4, -0.2) is 41.1 Å². The molecule has 2 N–H and O–H groups in total. The number of carbonyl (C=O) groups is 4. The Morgan fingerprint density at radius 3 is 2.64 bits per heavy atom. The minimum Gasteiger partial charge on any atom is -0.361 e. The van der Waals surface area contributed by atoms with Crippen LogP contribution < -0.4 is 10.6 Å². The molecule has 1 aliphatic carbocycles. The van der Waals surface area contributed by atoms with Gasteiger partial charge in [-0.2, -0.15) is 0 Å². The molecule has 1 heterocycles. The van der Waals surface area contributed by atoms with Gasteiger partial charge in [-0.25, -0.2) is 0 Å². The highest BCUT2D eigenvalue weighted by Gasteiger charge is 2.29. The standard InChI is InChI=1S/C20H29N3O5/c1-12(2)8-16(22-20(27)17-9-13(3)28-23-17)19(26)21-15(11-24)10-14-6-4-5-7-18(14)25/h9,11-12,14-16H,4-8,10H2,1-3H3,(H,21,26)(H,22,27)/t14-,15-,16-/m0/s1. The number of aromatic nitrogens is 1. The quantitative estimate of drug-likeness (QED) is 0.621. The average Bonchev–Trinajstić information content (AvgIpc) is 3.08. The Bertz CT molecular complexity index is 712. The lowest BCUT2D eigenvalue weighted by molar-refractivity contribution is -0.128. The van der Waals surface area contributed by atoms with Crippen LogP contribution in [0, 0.1) is 18.8 Å². The molecule has 1 aromatic rings. The molecule has 1 fully saturated rings. The van der Waals surface area contributed by atoms with E-state index < -0.39 is 23.9 Å². The molecule has 0 bridgehead atoms. The van der Waals surface area contributed by atoms with Gasteiger partial charge in [-0.15, -0.1) is 0 Å². The molecule has 1 saturated carbocycles. The summed E-state index contributed by atoms with van der Waals surface area (Å²) < 4.78 is 4.90. The molecule has 0 saturated heterocycles. The Labute approximate surface area is 164 Å². The van der Waals surface area contributed by atoms with Gasteiger partial charge < -0.3 is 20.0 Å². The first-order chi connectivity index (χ1) is 13.3. The molecule has 3 atom stereocenters. The molecule has 1 aromatic heterocycles. The van der Waals surface area contributed by atoms with Crippen LogP contribution >= 0.6 is 0 Å². The molecule has 0 unspecified atom stereocenters. The zero-order valence-electron chi connectivity index (χ0n) is 16.7. The smallest absolute Gasteiger partial charge is 0.274 e. The normalized spacial score (nSPS) is 19.1. The fourth-order valence-corrected chi connectivity index (χ4v) is 3.45. The van der Waals surface area contributed by atoms with Crippen LogP contribution in [0.3, 0.4) is 0 Å². The average molecular weight is 391 g/mol. The van der Waals surface area contributed by atoms with Gasteiger partial charge >= 0.3 is 0 Å². The molecule has 0 aliphatic heterocycles. The Morgan fingerprint density at radius 1 is 1.32 bits per heavy atom. The molecule has 2 rings (SSSR count). The second-order valence-corrected chi connectivity index (χ2v) is 7.87. The number of hydrogen-bond donors (Lipinski definition) is 2. The van der Waals surface area contributed by atoms with E-state index >= 15 is 0 Å². The molecule has 0 spiro atoms. The maximum Gasteiger partial charge on any atom is 0.274 e. The lowest BCUT2D eigenvalue weighted by Gasteiger charge is -2.25. The van der Waals surface area contributed by atoms with Gasteiger partial charge in [0.05, 0.1) is 6.04 Å². The van der Waals surface area contributed by atoms with Crippen molar-refractivity contribution in [2.45, 2.75) is 71.4 Å². The molecule has 8 nitrogen and oxygen atoms in total. The molecule has 8 heteroatoms. The Morgan fingerprint density at radius 2 is 2.07 bits per heavy atom. The van der Waals surface area contributed by atoms with Crippen LogP contribution in [0.2, 0.25) is 0 Å². The first-order valence-electron chi connectivity index (χ1n) is 9.82. The maximum absolute atomic E-state index is 12.7. The summed E-state index contributed by atoms with van der Waals surface area (Å²) >= 11 is 0.